The molecule has 0 bridgehead atoms. The summed E-state index contributed by atoms with van der Waals surface area (Å²) in [7, 11) is 0. The molecule has 10 heteroatoms. The van der Waals surface area contributed by atoms with E-state index in [4.69, 9.17) is 15.4 Å². The number of rotatable bonds is 7. The van der Waals surface area contributed by atoms with Crippen LogP contribution in [0.2, 0.25) is 0 Å². The first-order chi connectivity index (χ1) is 16.9. The summed E-state index contributed by atoms with van der Waals surface area (Å²) in [4.78, 5) is 48.3. The van der Waals surface area contributed by atoms with E-state index in [0.717, 1.165) is 16.8 Å². The first-order valence-electron chi connectivity index (χ1n) is 11.5. The SMILES string of the molecule is CCN(C(=N)c1ccc(C2=NOC(C(=O)N3CCC(C(=O)C(=O)O)CC3)C2)cc1)c1ccncc1. The second-order valence-electron chi connectivity index (χ2n) is 8.48. The molecule has 35 heavy (non-hydrogen) atoms. The highest BCUT2D eigenvalue weighted by Gasteiger charge is 2.36. The molecule has 0 aliphatic carbocycles. The molecule has 1 saturated heterocycles. The van der Waals surface area contributed by atoms with Crippen molar-refractivity contribution in [1.29, 1.82) is 5.41 Å². The van der Waals surface area contributed by atoms with Crippen molar-refractivity contribution in [1.82, 2.24) is 9.88 Å². The number of aromatic nitrogens is 1. The molecule has 1 fully saturated rings. The minimum atomic E-state index is -1.42. The lowest BCUT2D eigenvalue weighted by molar-refractivity contribution is -0.152. The number of hydrogen-bond donors (Lipinski definition) is 2. The van der Waals surface area contributed by atoms with Gasteiger partial charge in [-0.2, -0.15) is 0 Å². The molecule has 4 rings (SSSR count). The molecular formula is C25H27N5O5. The molecule has 3 heterocycles. The summed E-state index contributed by atoms with van der Waals surface area (Å²) in [5.41, 5.74) is 3.11. The number of carboxylic acid groups (broad SMARTS) is 1. The van der Waals surface area contributed by atoms with Crippen LogP contribution in [0.1, 0.15) is 37.3 Å². The van der Waals surface area contributed by atoms with Crippen LogP contribution in [0.4, 0.5) is 5.69 Å². The van der Waals surface area contributed by atoms with Crippen LogP contribution in [0, 0.1) is 11.3 Å². The van der Waals surface area contributed by atoms with Crippen molar-refractivity contribution in [3.05, 3.63) is 59.9 Å². The van der Waals surface area contributed by atoms with Crippen LogP contribution >= 0.6 is 0 Å². The summed E-state index contributed by atoms with van der Waals surface area (Å²) in [6.45, 7) is 3.26. The molecule has 2 aliphatic heterocycles. The van der Waals surface area contributed by atoms with Crippen LogP contribution < -0.4 is 4.90 Å². The second-order valence-corrected chi connectivity index (χ2v) is 8.48. The zero-order valence-electron chi connectivity index (χ0n) is 19.4. The summed E-state index contributed by atoms with van der Waals surface area (Å²) < 4.78 is 0. The summed E-state index contributed by atoms with van der Waals surface area (Å²) in [5, 5.41) is 21.6. The van der Waals surface area contributed by atoms with Gasteiger partial charge >= 0.3 is 5.97 Å². The molecule has 2 aromatic rings. The number of pyridine rings is 1. The lowest BCUT2D eigenvalue weighted by Crippen LogP contribution is -2.45. The van der Waals surface area contributed by atoms with Crippen LogP contribution in [0.3, 0.4) is 0 Å². The largest absolute Gasteiger partial charge is 0.475 e. The number of carbonyl (C=O) groups excluding carboxylic acids is 2. The Balaban J connectivity index is 1.34. The normalized spacial score (nSPS) is 17.9. The van der Waals surface area contributed by atoms with Crippen molar-refractivity contribution >= 4 is 34.9 Å². The fourth-order valence-corrected chi connectivity index (χ4v) is 4.39. The minimum Gasteiger partial charge on any atom is -0.475 e. The number of carboxylic acids is 1. The zero-order valence-corrected chi connectivity index (χ0v) is 19.4. The Kier molecular flexibility index (Phi) is 7.19. The Morgan fingerprint density at radius 1 is 1.11 bits per heavy atom. The van der Waals surface area contributed by atoms with Gasteiger partial charge in [0, 0.05) is 55.6 Å². The van der Waals surface area contributed by atoms with Gasteiger partial charge in [0.05, 0.1) is 5.71 Å². The molecule has 2 aliphatic rings. The fraction of sp³-hybridized carbons (Fsp3) is 0.360. The lowest BCUT2D eigenvalue weighted by Gasteiger charge is -2.31. The molecule has 0 radical (unpaired) electrons. The van der Waals surface area contributed by atoms with Crippen LogP contribution in [0.25, 0.3) is 0 Å². The standard InChI is InChI=1S/C25H27N5O5/c1-2-30(19-7-11-27-12-8-19)23(26)18-5-3-16(4-6-18)20-15-21(35-28-20)24(32)29-13-9-17(10-14-29)22(31)25(33)34/h3-8,11-12,17,21,26H,2,9-10,13-15H2,1H3,(H,33,34). The number of ketones is 1. The van der Waals surface area contributed by atoms with Gasteiger partial charge in [-0.1, -0.05) is 29.4 Å². The Hall–Kier alpha value is -4.08. The van der Waals surface area contributed by atoms with Crippen LogP contribution in [-0.4, -0.2) is 69.9 Å². The highest BCUT2D eigenvalue weighted by atomic mass is 16.6. The summed E-state index contributed by atoms with van der Waals surface area (Å²) >= 11 is 0. The number of anilines is 1. The van der Waals surface area contributed by atoms with E-state index in [0.29, 0.717) is 50.4 Å². The first kappa shape index (κ1) is 24.1. The number of amides is 1. The summed E-state index contributed by atoms with van der Waals surface area (Å²) in [6, 6.07) is 11.2. The van der Waals surface area contributed by atoms with E-state index in [1.807, 2.05) is 48.2 Å². The number of Topliss-reactive ketones (excluding diaryl/α,β-unsaturated/α-hetero) is 1. The Bertz CT molecular complexity index is 1140. The van der Waals surface area contributed by atoms with E-state index in [-0.39, 0.29) is 5.91 Å². The van der Waals surface area contributed by atoms with E-state index in [1.54, 1.807) is 17.3 Å². The monoisotopic (exact) mass is 477 g/mol. The Morgan fingerprint density at radius 2 is 1.77 bits per heavy atom. The van der Waals surface area contributed by atoms with Crippen molar-refractivity contribution in [3.8, 4) is 0 Å². The highest BCUT2D eigenvalue weighted by molar-refractivity contribution is 6.33. The highest BCUT2D eigenvalue weighted by Crippen LogP contribution is 2.24. The van der Waals surface area contributed by atoms with E-state index in [2.05, 4.69) is 10.1 Å². The number of aliphatic carboxylic acids is 1. The van der Waals surface area contributed by atoms with Gasteiger partial charge in [-0.05, 0) is 37.5 Å². The second kappa shape index (κ2) is 10.5. The molecule has 1 aromatic heterocycles. The van der Waals surface area contributed by atoms with Gasteiger partial charge in [-0.15, -0.1) is 0 Å². The average Bonchev–Trinajstić information content (AvgIpc) is 3.39. The average molecular weight is 478 g/mol. The van der Waals surface area contributed by atoms with Gasteiger partial charge < -0.3 is 19.7 Å². The number of likely N-dealkylation sites (tertiary alicyclic amines) is 1. The van der Waals surface area contributed by atoms with Gasteiger partial charge in [0.2, 0.25) is 11.9 Å². The van der Waals surface area contributed by atoms with Crippen molar-refractivity contribution in [2.75, 3.05) is 24.5 Å². The number of piperidine rings is 1. The lowest BCUT2D eigenvalue weighted by atomic mass is 9.92. The third-order valence-electron chi connectivity index (χ3n) is 6.38. The molecule has 1 amide bonds. The number of oxime groups is 1. The minimum absolute atomic E-state index is 0.209. The van der Waals surface area contributed by atoms with E-state index in [1.165, 1.54) is 0 Å². The molecule has 182 valence electrons. The number of amidine groups is 1. The molecule has 2 N–H and O–H groups in total. The molecular weight excluding hydrogens is 450 g/mol. The van der Waals surface area contributed by atoms with Crippen molar-refractivity contribution in [2.45, 2.75) is 32.3 Å². The maximum absolute atomic E-state index is 12.9. The molecule has 1 unspecified atom stereocenters. The Morgan fingerprint density at radius 3 is 2.37 bits per heavy atom. The number of nitrogens with one attached hydrogen (secondary N) is 1. The molecule has 1 aromatic carbocycles. The van der Waals surface area contributed by atoms with Gasteiger partial charge in [0.25, 0.3) is 5.91 Å². The maximum Gasteiger partial charge on any atom is 0.372 e. The van der Waals surface area contributed by atoms with Crippen LogP contribution in [0.15, 0.2) is 53.9 Å². The number of carbonyl (C=O) groups is 3. The predicted molar refractivity (Wildman–Crippen MR) is 129 cm³/mol. The quantitative estimate of drug-likeness (QED) is 0.355. The molecule has 0 saturated carbocycles. The molecule has 0 spiro atoms. The summed E-state index contributed by atoms with van der Waals surface area (Å²) in [5.74, 6) is -2.61. The van der Waals surface area contributed by atoms with Crippen LogP contribution in [0.5, 0.6) is 0 Å². The molecule has 10 nitrogen and oxygen atoms in total. The Labute approximate surface area is 202 Å². The maximum atomic E-state index is 12.9. The van der Waals surface area contributed by atoms with Crippen molar-refractivity contribution < 1.29 is 24.3 Å². The van der Waals surface area contributed by atoms with Crippen molar-refractivity contribution in [2.24, 2.45) is 11.1 Å². The van der Waals surface area contributed by atoms with Gasteiger partial charge in [0.1, 0.15) is 5.84 Å². The fourth-order valence-electron chi connectivity index (χ4n) is 4.39. The van der Waals surface area contributed by atoms with Crippen molar-refractivity contribution in [3.63, 3.8) is 0 Å². The first-order valence-corrected chi connectivity index (χ1v) is 11.5. The zero-order chi connectivity index (χ0) is 24.9. The molecule has 1 atom stereocenters. The van der Waals surface area contributed by atoms with E-state index < -0.39 is 23.8 Å². The summed E-state index contributed by atoms with van der Waals surface area (Å²) in [6.07, 6.45) is 3.64. The number of nitrogens with zero attached hydrogens (tertiary/aromatic N) is 4. The van der Waals surface area contributed by atoms with Crippen LogP contribution in [-0.2, 0) is 19.2 Å². The smallest absolute Gasteiger partial charge is 0.372 e. The van der Waals surface area contributed by atoms with E-state index >= 15 is 0 Å². The number of hydrogen-bond acceptors (Lipinski definition) is 7. The van der Waals surface area contributed by atoms with Gasteiger partial charge in [-0.3, -0.25) is 20.0 Å². The third kappa shape index (κ3) is 5.21. The third-order valence-corrected chi connectivity index (χ3v) is 6.38. The van der Waals surface area contributed by atoms with Gasteiger partial charge in [0.15, 0.2) is 0 Å². The van der Waals surface area contributed by atoms with E-state index in [9.17, 15) is 14.4 Å². The van der Waals surface area contributed by atoms with Gasteiger partial charge in [-0.25, -0.2) is 4.79 Å². The predicted octanol–water partition coefficient (Wildman–Crippen LogP) is 2.32. The number of benzene rings is 1. The topological polar surface area (TPSA) is 136 Å².